The highest BCUT2D eigenvalue weighted by molar-refractivity contribution is 7.92. The van der Waals surface area contributed by atoms with Crippen LogP contribution in [-0.2, 0) is 21.8 Å². The Labute approximate surface area is 170 Å². The van der Waals surface area contributed by atoms with Crippen LogP contribution in [0.2, 0.25) is 0 Å². The molecule has 0 saturated carbocycles. The van der Waals surface area contributed by atoms with E-state index in [1.807, 2.05) is 26.0 Å². The summed E-state index contributed by atoms with van der Waals surface area (Å²) in [6.45, 7) is 11.1. The smallest absolute Gasteiger partial charge is 0.384 e. The predicted octanol–water partition coefficient (Wildman–Crippen LogP) is 5.63. The van der Waals surface area contributed by atoms with Gasteiger partial charge in [0.25, 0.3) is 9.84 Å². The summed E-state index contributed by atoms with van der Waals surface area (Å²) in [5, 5.41) is 6.12. The molecule has 0 unspecified atom stereocenters. The van der Waals surface area contributed by atoms with Gasteiger partial charge in [-0.2, -0.15) is 13.2 Å². The van der Waals surface area contributed by atoms with Gasteiger partial charge >= 0.3 is 5.51 Å². The number of halogens is 3. The van der Waals surface area contributed by atoms with Crippen molar-refractivity contribution in [2.24, 2.45) is 0 Å². The molecule has 0 amide bonds. The van der Waals surface area contributed by atoms with Gasteiger partial charge in [-0.25, -0.2) is 8.42 Å². The Balaban J connectivity index is 2.38. The van der Waals surface area contributed by atoms with Crippen molar-refractivity contribution in [1.82, 2.24) is 0 Å². The van der Waals surface area contributed by atoms with Crippen LogP contribution in [0.25, 0.3) is 0 Å². The highest BCUT2D eigenvalue weighted by atomic mass is 32.2. The molecule has 29 heavy (non-hydrogen) atoms. The van der Waals surface area contributed by atoms with Crippen molar-refractivity contribution in [1.29, 1.82) is 0 Å². The zero-order chi connectivity index (χ0) is 22.0. The standard InChI is InChI=1S/C21H27F3N2O2S/c1-6-25-18-10-9-16(29(27,28)21(22,23)24)12-19(18)26-13-15-8-7-14(2)17(11-15)20(3,4)5/h7-12,25-26H,6,13H2,1-5H3. The van der Waals surface area contributed by atoms with Crippen molar-refractivity contribution >= 4 is 21.2 Å². The molecule has 0 radical (unpaired) electrons. The molecule has 0 saturated heterocycles. The first-order valence-corrected chi connectivity index (χ1v) is 10.8. The average molecular weight is 429 g/mol. The van der Waals surface area contributed by atoms with Crippen LogP contribution in [-0.4, -0.2) is 20.5 Å². The molecule has 0 aliphatic rings. The molecule has 0 bridgehead atoms. The zero-order valence-electron chi connectivity index (χ0n) is 17.2. The second-order valence-corrected chi connectivity index (χ2v) is 9.88. The quantitative estimate of drug-likeness (QED) is 0.626. The third kappa shape index (κ3) is 5.23. The topological polar surface area (TPSA) is 58.2 Å². The molecule has 2 aromatic rings. The number of aryl methyl sites for hydroxylation is 1. The van der Waals surface area contributed by atoms with Crippen LogP contribution in [0.3, 0.4) is 0 Å². The molecule has 0 aliphatic heterocycles. The van der Waals surface area contributed by atoms with Crippen LogP contribution in [0.1, 0.15) is 44.4 Å². The average Bonchev–Trinajstić information content (AvgIpc) is 2.60. The lowest BCUT2D eigenvalue weighted by Crippen LogP contribution is -2.23. The van der Waals surface area contributed by atoms with Crippen LogP contribution in [0, 0.1) is 6.92 Å². The monoisotopic (exact) mass is 428 g/mol. The minimum atomic E-state index is -5.41. The van der Waals surface area contributed by atoms with E-state index in [-0.39, 0.29) is 5.41 Å². The van der Waals surface area contributed by atoms with Gasteiger partial charge in [0.15, 0.2) is 0 Å². The van der Waals surface area contributed by atoms with Crippen molar-refractivity contribution < 1.29 is 21.6 Å². The lowest BCUT2D eigenvalue weighted by Gasteiger charge is -2.23. The van der Waals surface area contributed by atoms with Gasteiger partial charge < -0.3 is 10.6 Å². The summed E-state index contributed by atoms with van der Waals surface area (Å²) in [6.07, 6.45) is 0. The summed E-state index contributed by atoms with van der Waals surface area (Å²) in [5.74, 6) is 0. The third-order valence-corrected chi connectivity index (χ3v) is 6.05. The molecule has 160 valence electrons. The first kappa shape index (κ1) is 23.1. The Bertz CT molecular complexity index is 978. The van der Waals surface area contributed by atoms with E-state index < -0.39 is 20.2 Å². The molecule has 0 atom stereocenters. The highest BCUT2D eigenvalue weighted by Crippen LogP contribution is 2.34. The molecule has 0 fully saturated rings. The van der Waals surface area contributed by atoms with Gasteiger partial charge in [0.05, 0.1) is 16.3 Å². The highest BCUT2D eigenvalue weighted by Gasteiger charge is 2.47. The molecule has 2 N–H and O–H groups in total. The second kappa shape index (κ2) is 8.26. The van der Waals surface area contributed by atoms with E-state index in [1.54, 1.807) is 0 Å². The summed E-state index contributed by atoms with van der Waals surface area (Å²) in [4.78, 5) is -0.784. The Hall–Kier alpha value is -2.22. The van der Waals surface area contributed by atoms with E-state index in [4.69, 9.17) is 0 Å². The largest absolute Gasteiger partial charge is 0.501 e. The van der Waals surface area contributed by atoms with Crippen molar-refractivity contribution in [2.45, 2.75) is 57.0 Å². The number of hydrogen-bond donors (Lipinski definition) is 2. The zero-order valence-corrected chi connectivity index (χ0v) is 18.1. The number of anilines is 2. The lowest BCUT2D eigenvalue weighted by atomic mass is 9.83. The fourth-order valence-corrected chi connectivity index (χ4v) is 3.89. The van der Waals surface area contributed by atoms with E-state index >= 15 is 0 Å². The maximum Gasteiger partial charge on any atom is 0.501 e. The van der Waals surface area contributed by atoms with E-state index in [0.717, 1.165) is 23.3 Å². The number of nitrogens with one attached hydrogen (secondary N) is 2. The van der Waals surface area contributed by atoms with E-state index in [1.165, 1.54) is 11.6 Å². The molecular formula is C21H27F3N2O2S. The molecule has 4 nitrogen and oxygen atoms in total. The van der Waals surface area contributed by atoms with Gasteiger partial charge in [0.2, 0.25) is 0 Å². The lowest BCUT2D eigenvalue weighted by molar-refractivity contribution is -0.0435. The van der Waals surface area contributed by atoms with E-state index in [0.29, 0.717) is 24.5 Å². The fourth-order valence-electron chi connectivity index (χ4n) is 3.10. The summed E-state index contributed by atoms with van der Waals surface area (Å²) in [5.41, 5.74) is -1.26. The summed E-state index contributed by atoms with van der Waals surface area (Å²) in [6, 6.07) is 9.36. The van der Waals surface area contributed by atoms with Gasteiger partial charge in [-0.3, -0.25) is 0 Å². The first-order valence-electron chi connectivity index (χ1n) is 9.30. The SMILES string of the molecule is CCNc1ccc(S(=O)(=O)C(F)(F)F)cc1NCc1ccc(C)c(C(C)(C)C)c1. The molecule has 0 aliphatic carbocycles. The summed E-state index contributed by atoms with van der Waals surface area (Å²) in [7, 11) is -5.41. The maximum atomic E-state index is 12.9. The van der Waals surface area contributed by atoms with Gasteiger partial charge in [-0.05, 0) is 54.2 Å². The van der Waals surface area contributed by atoms with E-state index in [9.17, 15) is 21.6 Å². The van der Waals surface area contributed by atoms with Gasteiger partial charge in [-0.1, -0.05) is 39.0 Å². The number of alkyl halides is 3. The van der Waals surface area contributed by atoms with Crippen LogP contribution in [0.5, 0.6) is 0 Å². The maximum absolute atomic E-state index is 12.9. The molecule has 2 aromatic carbocycles. The third-order valence-electron chi connectivity index (χ3n) is 4.57. The van der Waals surface area contributed by atoms with Crippen molar-refractivity contribution in [3.63, 3.8) is 0 Å². The number of rotatable bonds is 6. The van der Waals surface area contributed by atoms with Crippen molar-refractivity contribution in [3.8, 4) is 0 Å². The van der Waals surface area contributed by atoms with Gasteiger partial charge in [0.1, 0.15) is 0 Å². The Morgan fingerprint density at radius 1 is 0.931 bits per heavy atom. The Morgan fingerprint density at radius 3 is 2.14 bits per heavy atom. The molecule has 8 heteroatoms. The molecule has 0 spiro atoms. The molecule has 0 aromatic heterocycles. The summed E-state index contributed by atoms with van der Waals surface area (Å²) >= 11 is 0. The summed E-state index contributed by atoms with van der Waals surface area (Å²) < 4.78 is 62.3. The number of hydrogen-bond acceptors (Lipinski definition) is 4. The van der Waals surface area contributed by atoms with E-state index in [2.05, 4.69) is 37.5 Å². The Morgan fingerprint density at radius 2 is 1.59 bits per heavy atom. The normalized spacial score (nSPS) is 12.7. The number of sulfone groups is 1. The molecular weight excluding hydrogens is 401 g/mol. The number of benzene rings is 2. The minimum Gasteiger partial charge on any atom is -0.384 e. The molecule has 0 heterocycles. The van der Waals surface area contributed by atoms with Crippen molar-refractivity contribution in [2.75, 3.05) is 17.2 Å². The van der Waals surface area contributed by atoms with Crippen LogP contribution < -0.4 is 10.6 Å². The van der Waals surface area contributed by atoms with Crippen molar-refractivity contribution in [3.05, 3.63) is 53.1 Å². The first-order chi connectivity index (χ1) is 13.3. The van der Waals surface area contributed by atoms with Gasteiger partial charge in [0, 0.05) is 13.1 Å². The second-order valence-electron chi connectivity index (χ2n) is 7.94. The Kier molecular flexibility index (Phi) is 6.57. The van der Waals surface area contributed by atoms with Crippen LogP contribution in [0.15, 0.2) is 41.3 Å². The van der Waals surface area contributed by atoms with Crippen LogP contribution >= 0.6 is 0 Å². The predicted molar refractivity (Wildman–Crippen MR) is 111 cm³/mol. The van der Waals surface area contributed by atoms with Crippen LogP contribution in [0.4, 0.5) is 24.5 Å². The van der Waals surface area contributed by atoms with Gasteiger partial charge in [-0.15, -0.1) is 0 Å². The minimum absolute atomic E-state index is 0.0459. The molecule has 2 rings (SSSR count). The fraction of sp³-hybridized carbons (Fsp3) is 0.429.